The van der Waals surface area contributed by atoms with Gasteiger partial charge in [-0.3, -0.25) is 4.98 Å². The molecule has 0 aromatic carbocycles. The highest BCUT2D eigenvalue weighted by molar-refractivity contribution is 7.16. The van der Waals surface area contributed by atoms with E-state index in [2.05, 4.69) is 16.0 Å². The van der Waals surface area contributed by atoms with E-state index in [0.717, 1.165) is 5.69 Å². The predicted octanol–water partition coefficient (Wildman–Crippen LogP) is 1.97. The molecule has 2 heterocycles. The Kier molecular flexibility index (Phi) is 2.35. The third-order valence-corrected chi connectivity index (χ3v) is 2.67. The number of nitrogens with zero attached hydrogens (tertiary/aromatic N) is 3. The Morgan fingerprint density at radius 1 is 1.40 bits per heavy atom. The summed E-state index contributed by atoms with van der Waals surface area (Å²) >= 11 is 1.18. The monoisotopic (exact) mass is 216 g/mol. The molecule has 4 nitrogen and oxygen atoms in total. The molecule has 0 saturated heterocycles. The van der Waals surface area contributed by atoms with Crippen molar-refractivity contribution in [1.29, 1.82) is 5.26 Å². The van der Waals surface area contributed by atoms with Crippen LogP contribution in [0.1, 0.15) is 10.6 Å². The van der Waals surface area contributed by atoms with Crippen LogP contribution in [0.3, 0.4) is 0 Å². The summed E-state index contributed by atoms with van der Waals surface area (Å²) in [5.41, 5.74) is 7.72. The van der Waals surface area contributed by atoms with Crippen molar-refractivity contribution < 1.29 is 0 Å². The molecule has 0 radical (unpaired) electrons. The van der Waals surface area contributed by atoms with Crippen molar-refractivity contribution in [2.45, 2.75) is 6.92 Å². The minimum Gasteiger partial charge on any atom is -0.375 e. The summed E-state index contributed by atoms with van der Waals surface area (Å²) in [5.74, 6) is 0. The van der Waals surface area contributed by atoms with Gasteiger partial charge in [-0.25, -0.2) is 4.98 Å². The largest absolute Gasteiger partial charge is 0.375 e. The Hall–Kier alpha value is -1.93. The lowest BCUT2D eigenvalue weighted by Crippen LogP contribution is -1.89. The molecular weight excluding hydrogens is 208 g/mol. The molecule has 2 rings (SSSR count). The maximum Gasteiger partial charge on any atom is 0.181 e. The van der Waals surface area contributed by atoms with E-state index in [1.165, 1.54) is 11.3 Å². The van der Waals surface area contributed by atoms with Gasteiger partial charge in [0.2, 0.25) is 0 Å². The van der Waals surface area contributed by atoms with Gasteiger partial charge in [0.05, 0.1) is 5.69 Å². The normalized spacial score (nSPS) is 9.87. The summed E-state index contributed by atoms with van der Waals surface area (Å²) in [4.78, 5) is 8.91. The maximum atomic E-state index is 8.90. The number of pyridine rings is 1. The molecule has 0 fully saturated rings. The van der Waals surface area contributed by atoms with E-state index in [1.807, 2.05) is 25.1 Å². The fraction of sp³-hybridized carbons (Fsp3) is 0.100. The van der Waals surface area contributed by atoms with Gasteiger partial charge in [-0.2, -0.15) is 5.26 Å². The molecule has 0 unspecified atom stereocenters. The zero-order chi connectivity index (χ0) is 10.8. The van der Waals surface area contributed by atoms with Gasteiger partial charge in [0.1, 0.15) is 16.6 Å². The first-order valence-corrected chi connectivity index (χ1v) is 5.13. The summed E-state index contributed by atoms with van der Waals surface area (Å²) < 4.78 is 0. The Balaban J connectivity index is 2.59. The first-order valence-electron chi connectivity index (χ1n) is 4.31. The lowest BCUT2D eigenvalue weighted by Gasteiger charge is -1.97. The summed E-state index contributed by atoms with van der Waals surface area (Å²) in [6, 6.07) is 7.67. The van der Waals surface area contributed by atoms with Gasteiger partial charge < -0.3 is 5.73 Å². The number of nitrogen functional groups attached to an aromatic ring is 1. The fourth-order valence-electron chi connectivity index (χ4n) is 1.26. The van der Waals surface area contributed by atoms with Crippen LogP contribution in [-0.2, 0) is 0 Å². The topological polar surface area (TPSA) is 75.6 Å². The molecule has 0 aliphatic rings. The van der Waals surface area contributed by atoms with E-state index < -0.39 is 0 Å². The molecule has 0 aliphatic heterocycles. The Labute approximate surface area is 91.0 Å². The lowest BCUT2D eigenvalue weighted by molar-refractivity contribution is 1.19. The number of rotatable bonds is 1. The lowest BCUT2D eigenvalue weighted by atomic mass is 10.2. The van der Waals surface area contributed by atoms with Crippen LogP contribution < -0.4 is 5.73 Å². The number of hydrogen-bond acceptors (Lipinski definition) is 5. The Morgan fingerprint density at radius 2 is 2.20 bits per heavy atom. The van der Waals surface area contributed by atoms with E-state index in [0.29, 0.717) is 21.4 Å². The molecule has 15 heavy (non-hydrogen) atoms. The highest BCUT2D eigenvalue weighted by Crippen LogP contribution is 2.27. The predicted molar refractivity (Wildman–Crippen MR) is 59.2 cm³/mol. The fourth-order valence-corrected chi connectivity index (χ4v) is 1.90. The van der Waals surface area contributed by atoms with Crippen LogP contribution >= 0.6 is 11.3 Å². The molecule has 0 spiro atoms. The van der Waals surface area contributed by atoms with Gasteiger partial charge in [-0.1, -0.05) is 17.4 Å². The molecule has 2 N–H and O–H groups in total. The van der Waals surface area contributed by atoms with Crippen molar-refractivity contribution in [1.82, 2.24) is 9.97 Å². The van der Waals surface area contributed by atoms with Crippen LogP contribution in [0.4, 0.5) is 5.13 Å². The third kappa shape index (κ3) is 1.80. The number of aryl methyl sites for hydroxylation is 1. The molecule has 0 aliphatic carbocycles. The SMILES string of the molecule is Cc1cccc(-c2nc(N)sc2C#N)n1. The molecule has 0 saturated carbocycles. The number of hydrogen-bond donors (Lipinski definition) is 1. The number of thiazole rings is 1. The van der Waals surface area contributed by atoms with E-state index in [4.69, 9.17) is 11.0 Å². The summed E-state index contributed by atoms with van der Waals surface area (Å²) in [5, 5.41) is 9.29. The highest BCUT2D eigenvalue weighted by atomic mass is 32.1. The zero-order valence-electron chi connectivity index (χ0n) is 8.06. The van der Waals surface area contributed by atoms with Gasteiger partial charge in [-0.05, 0) is 19.1 Å². The highest BCUT2D eigenvalue weighted by Gasteiger charge is 2.12. The second kappa shape index (κ2) is 3.67. The minimum atomic E-state index is 0.393. The Morgan fingerprint density at radius 3 is 2.87 bits per heavy atom. The van der Waals surface area contributed by atoms with Crippen molar-refractivity contribution >= 4 is 16.5 Å². The quantitative estimate of drug-likeness (QED) is 0.790. The van der Waals surface area contributed by atoms with E-state index in [9.17, 15) is 0 Å². The van der Waals surface area contributed by atoms with Gasteiger partial charge in [-0.15, -0.1) is 0 Å². The average molecular weight is 216 g/mol. The van der Waals surface area contributed by atoms with Crippen LogP contribution in [0.2, 0.25) is 0 Å². The van der Waals surface area contributed by atoms with E-state index >= 15 is 0 Å². The molecule has 2 aromatic heterocycles. The second-order valence-corrected chi connectivity index (χ2v) is 4.04. The van der Waals surface area contributed by atoms with Gasteiger partial charge in [0.25, 0.3) is 0 Å². The minimum absolute atomic E-state index is 0.393. The molecule has 74 valence electrons. The molecule has 0 amide bonds. The summed E-state index contributed by atoms with van der Waals surface area (Å²) in [6.07, 6.45) is 0. The van der Waals surface area contributed by atoms with Crippen molar-refractivity contribution in [2.75, 3.05) is 5.73 Å². The number of nitrogens with two attached hydrogens (primary N) is 1. The van der Waals surface area contributed by atoms with Crippen molar-refractivity contribution in [3.05, 3.63) is 28.8 Å². The standard InChI is InChI=1S/C10H8N4S/c1-6-3-2-4-7(13-6)9-8(5-11)15-10(12)14-9/h2-4H,1H3,(H2,12,14). The van der Waals surface area contributed by atoms with Crippen LogP contribution in [0.15, 0.2) is 18.2 Å². The van der Waals surface area contributed by atoms with Crippen molar-refractivity contribution in [3.63, 3.8) is 0 Å². The number of nitriles is 1. The van der Waals surface area contributed by atoms with Crippen molar-refractivity contribution in [3.8, 4) is 17.5 Å². The number of aromatic nitrogens is 2. The summed E-state index contributed by atoms with van der Waals surface area (Å²) in [6.45, 7) is 1.89. The van der Waals surface area contributed by atoms with Crippen LogP contribution in [0.25, 0.3) is 11.4 Å². The van der Waals surface area contributed by atoms with Gasteiger partial charge in [0, 0.05) is 5.69 Å². The molecule has 5 heteroatoms. The molecule has 2 aromatic rings. The Bertz CT molecular complexity index is 539. The van der Waals surface area contributed by atoms with E-state index in [-0.39, 0.29) is 0 Å². The first kappa shape index (κ1) is 9.62. The number of anilines is 1. The summed E-state index contributed by atoms with van der Waals surface area (Å²) in [7, 11) is 0. The maximum absolute atomic E-state index is 8.90. The van der Waals surface area contributed by atoms with Crippen LogP contribution in [-0.4, -0.2) is 9.97 Å². The first-order chi connectivity index (χ1) is 7.20. The average Bonchev–Trinajstić information content (AvgIpc) is 2.59. The van der Waals surface area contributed by atoms with Crippen LogP contribution in [0.5, 0.6) is 0 Å². The second-order valence-electron chi connectivity index (χ2n) is 3.01. The molecule has 0 atom stereocenters. The van der Waals surface area contributed by atoms with Gasteiger partial charge >= 0.3 is 0 Å². The van der Waals surface area contributed by atoms with E-state index in [1.54, 1.807) is 0 Å². The zero-order valence-corrected chi connectivity index (χ0v) is 8.88. The third-order valence-electron chi connectivity index (χ3n) is 1.88. The molecular formula is C10H8N4S. The molecule has 0 bridgehead atoms. The van der Waals surface area contributed by atoms with Crippen molar-refractivity contribution in [2.24, 2.45) is 0 Å². The smallest absolute Gasteiger partial charge is 0.181 e. The van der Waals surface area contributed by atoms with Gasteiger partial charge in [0.15, 0.2) is 5.13 Å². The van der Waals surface area contributed by atoms with Crippen LogP contribution in [0, 0.1) is 18.3 Å².